The van der Waals surface area contributed by atoms with E-state index in [1.165, 1.54) is 48.5 Å². The average Bonchev–Trinajstić information content (AvgIpc) is 2.43. The molecule has 0 fully saturated rings. The van der Waals surface area contributed by atoms with Crippen molar-refractivity contribution in [2.24, 2.45) is 0 Å². The SMILES string of the molecule is O=C([O-])C(C(=O)[O-])(c1ccc(Cl)cc1)c1ccc(Cl)cc1. The van der Waals surface area contributed by atoms with E-state index >= 15 is 0 Å². The van der Waals surface area contributed by atoms with Gasteiger partial charge in [0.05, 0.1) is 17.4 Å². The average molecular weight is 323 g/mol. The van der Waals surface area contributed by atoms with E-state index in [4.69, 9.17) is 23.2 Å². The second kappa shape index (κ2) is 5.76. The topological polar surface area (TPSA) is 80.3 Å². The highest BCUT2D eigenvalue weighted by Crippen LogP contribution is 2.33. The molecule has 0 aliphatic carbocycles. The molecular formula is C15H8Cl2O4-2. The summed E-state index contributed by atoms with van der Waals surface area (Å²) in [5.74, 6) is -3.60. The predicted molar refractivity (Wildman–Crippen MR) is 73.7 cm³/mol. The second-order valence-corrected chi connectivity index (χ2v) is 5.21. The van der Waals surface area contributed by atoms with Gasteiger partial charge in [-0.1, -0.05) is 47.5 Å². The van der Waals surface area contributed by atoms with Crippen LogP contribution in [0.2, 0.25) is 10.0 Å². The van der Waals surface area contributed by atoms with Gasteiger partial charge in [0.1, 0.15) is 0 Å². The lowest BCUT2D eigenvalue weighted by atomic mass is 9.74. The van der Waals surface area contributed by atoms with E-state index in [0.717, 1.165) is 0 Å². The van der Waals surface area contributed by atoms with Crippen molar-refractivity contribution in [3.8, 4) is 0 Å². The third-order valence-corrected chi connectivity index (χ3v) is 3.67. The Bertz CT molecular complexity index is 616. The van der Waals surface area contributed by atoms with Crippen LogP contribution < -0.4 is 10.2 Å². The Balaban J connectivity index is 2.75. The Kier molecular flexibility index (Phi) is 4.21. The number of hydrogen-bond acceptors (Lipinski definition) is 4. The molecule has 0 N–H and O–H groups in total. The molecule has 0 amide bonds. The van der Waals surface area contributed by atoms with Crippen LogP contribution in [0.15, 0.2) is 48.5 Å². The van der Waals surface area contributed by atoms with E-state index in [2.05, 4.69) is 0 Å². The van der Waals surface area contributed by atoms with E-state index < -0.39 is 17.4 Å². The third kappa shape index (κ3) is 2.60. The van der Waals surface area contributed by atoms with Crippen molar-refractivity contribution in [3.63, 3.8) is 0 Å². The number of benzene rings is 2. The number of carboxylic acid groups (broad SMARTS) is 2. The number of rotatable bonds is 4. The van der Waals surface area contributed by atoms with E-state index in [1.807, 2.05) is 0 Å². The first-order valence-electron chi connectivity index (χ1n) is 5.84. The maximum absolute atomic E-state index is 11.6. The van der Waals surface area contributed by atoms with E-state index in [1.54, 1.807) is 0 Å². The van der Waals surface area contributed by atoms with Gasteiger partial charge >= 0.3 is 0 Å². The van der Waals surface area contributed by atoms with Gasteiger partial charge in [-0.3, -0.25) is 0 Å². The summed E-state index contributed by atoms with van der Waals surface area (Å²) < 4.78 is 0. The summed E-state index contributed by atoms with van der Waals surface area (Å²) in [5.41, 5.74) is -2.47. The Labute approximate surface area is 130 Å². The minimum absolute atomic E-state index is 0.0192. The maximum atomic E-state index is 11.6. The minimum Gasteiger partial charge on any atom is -0.548 e. The van der Waals surface area contributed by atoms with Crippen LogP contribution in [0, 0.1) is 0 Å². The summed E-state index contributed by atoms with van der Waals surface area (Å²) in [7, 11) is 0. The van der Waals surface area contributed by atoms with Crippen LogP contribution in [-0.4, -0.2) is 11.9 Å². The lowest BCUT2D eigenvalue weighted by Gasteiger charge is -2.37. The molecule has 0 unspecified atom stereocenters. The number of halogens is 2. The van der Waals surface area contributed by atoms with Crippen molar-refractivity contribution >= 4 is 35.1 Å². The fourth-order valence-corrected chi connectivity index (χ4v) is 2.37. The van der Waals surface area contributed by atoms with Crippen LogP contribution in [0.4, 0.5) is 0 Å². The van der Waals surface area contributed by atoms with Gasteiger partial charge in [0.15, 0.2) is 0 Å². The summed E-state index contributed by atoms with van der Waals surface area (Å²) in [6.07, 6.45) is 0. The molecule has 6 heteroatoms. The molecule has 108 valence electrons. The van der Waals surface area contributed by atoms with Crippen molar-refractivity contribution in [2.45, 2.75) is 5.41 Å². The lowest BCUT2D eigenvalue weighted by molar-refractivity contribution is -0.332. The van der Waals surface area contributed by atoms with Gasteiger partial charge in [-0.05, 0) is 35.4 Å². The van der Waals surface area contributed by atoms with Crippen molar-refractivity contribution < 1.29 is 19.8 Å². The van der Waals surface area contributed by atoms with Gasteiger partial charge in [-0.2, -0.15) is 0 Å². The zero-order valence-corrected chi connectivity index (χ0v) is 12.0. The Hall–Kier alpha value is -2.04. The zero-order chi connectivity index (χ0) is 15.6. The zero-order valence-electron chi connectivity index (χ0n) is 10.5. The van der Waals surface area contributed by atoms with Gasteiger partial charge in [0, 0.05) is 10.0 Å². The Morgan fingerprint density at radius 1 is 0.714 bits per heavy atom. The standard InChI is InChI=1S/C15H10Cl2O4/c16-11-5-1-9(2-6-11)15(13(18)19,14(20)21)10-3-7-12(17)8-4-10/h1-8H,(H,18,19)(H,20,21)/p-2. The molecule has 0 aromatic heterocycles. The molecule has 2 aromatic carbocycles. The second-order valence-electron chi connectivity index (χ2n) is 4.34. The summed E-state index contributed by atoms with van der Waals surface area (Å²) in [6, 6.07) is 10.8. The van der Waals surface area contributed by atoms with Gasteiger partial charge in [0.2, 0.25) is 0 Å². The van der Waals surface area contributed by atoms with Crippen molar-refractivity contribution in [1.82, 2.24) is 0 Å². The highest BCUT2D eigenvalue weighted by Gasteiger charge is 2.38. The highest BCUT2D eigenvalue weighted by atomic mass is 35.5. The summed E-state index contributed by atoms with van der Waals surface area (Å²) in [4.78, 5) is 23.3. The van der Waals surface area contributed by atoms with Gasteiger partial charge < -0.3 is 19.8 Å². The van der Waals surface area contributed by atoms with Crippen LogP contribution in [0.3, 0.4) is 0 Å². The van der Waals surface area contributed by atoms with Crippen molar-refractivity contribution in [1.29, 1.82) is 0 Å². The van der Waals surface area contributed by atoms with Crippen LogP contribution >= 0.6 is 23.2 Å². The number of carbonyl (C=O) groups excluding carboxylic acids is 2. The van der Waals surface area contributed by atoms with Gasteiger partial charge in [-0.15, -0.1) is 0 Å². The first-order chi connectivity index (χ1) is 9.88. The maximum Gasteiger partial charge on any atom is 0.0991 e. The van der Waals surface area contributed by atoms with E-state index in [-0.39, 0.29) is 11.1 Å². The Morgan fingerprint density at radius 2 is 1.00 bits per heavy atom. The minimum atomic E-state index is -2.44. The molecule has 0 spiro atoms. The van der Waals surface area contributed by atoms with Crippen LogP contribution in [-0.2, 0) is 15.0 Å². The fraction of sp³-hybridized carbons (Fsp3) is 0.0667. The number of hydrogen-bond donors (Lipinski definition) is 0. The molecular weight excluding hydrogens is 315 g/mol. The molecule has 21 heavy (non-hydrogen) atoms. The van der Waals surface area contributed by atoms with Crippen LogP contribution in [0.5, 0.6) is 0 Å². The molecule has 0 heterocycles. The first kappa shape index (κ1) is 15.4. The molecule has 0 radical (unpaired) electrons. The quantitative estimate of drug-likeness (QED) is 0.779. The third-order valence-electron chi connectivity index (χ3n) is 3.17. The normalized spacial score (nSPS) is 11.1. The van der Waals surface area contributed by atoms with Crippen LogP contribution in [0.1, 0.15) is 11.1 Å². The molecule has 2 rings (SSSR count). The van der Waals surface area contributed by atoms with Gasteiger partial charge in [0.25, 0.3) is 0 Å². The molecule has 2 aromatic rings. The summed E-state index contributed by atoms with van der Waals surface area (Å²) in [5, 5.41) is 24.0. The molecule has 0 bridgehead atoms. The Morgan fingerprint density at radius 3 is 1.24 bits per heavy atom. The van der Waals surface area contributed by atoms with Crippen molar-refractivity contribution in [2.75, 3.05) is 0 Å². The molecule has 4 nitrogen and oxygen atoms in total. The van der Waals surface area contributed by atoms with Gasteiger partial charge in [-0.25, -0.2) is 0 Å². The smallest absolute Gasteiger partial charge is 0.0991 e. The highest BCUT2D eigenvalue weighted by molar-refractivity contribution is 6.31. The number of carboxylic acids is 2. The molecule has 0 saturated carbocycles. The van der Waals surface area contributed by atoms with Crippen molar-refractivity contribution in [3.05, 3.63) is 69.7 Å². The van der Waals surface area contributed by atoms with Crippen LogP contribution in [0.25, 0.3) is 0 Å². The van der Waals surface area contributed by atoms with E-state index in [0.29, 0.717) is 10.0 Å². The summed E-state index contributed by atoms with van der Waals surface area (Å²) in [6.45, 7) is 0. The molecule has 0 saturated heterocycles. The monoisotopic (exact) mass is 322 g/mol. The van der Waals surface area contributed by atoms with E-state index in [9.17, 15) is 19.8 Å². The first-order valence-corrected chi connectivity index (χ1v) is 6.59. The summed E-state index contributed by atoms with van der Waals surface area (Å²) >= 11 is 11.5. The molecule has 0 aliphatic rings. The molecule has 0 atom stereocenters. The predicted octanol–water partition coefficient (Wildman–Crippen LogP) is 0.779. The largest absolute Gasteiger partial charge is 0.548 e. The number of carbonyl (C=O) groups is 2. The molecule has 0 aliphatic heterocycles. The fourth-order valence-electron chi connectivity index (χ4n) is 2.12. The lowest BCUT2D eigenvalue weighted by Crippen LogP contribution is -2.57. The number of aliphatic carboxylic acids is 2.